The molecule has 1 aliphatic rings. The minimum absolute atomic E-state index is 0.432. The van der Waals surface area contributed by atoms with Crippen LogP contribution in [-0.2, 0) is 16.6 Å². The van der Waals surface area contributed by atoms with Gasteiger partial charge in [-0.3, -0.25) is 0 Å². The number of rotatable bonds is 7. The summed E-state index contributed by atoms with van der Waals surface area (Å²) in [7, 11) is 0. The maximum absolute atomic E-state index is 2.50. The third-order valence-electron chi connectivity index (χ3n) is 5.07. The number of hydrogen-bond donors (Lipinski definition) is 0. The van der Waals surface area contributed by atoms with Crippen molar-refractivity contribution in [3.8, 4) is 0 Å². The number of allylic oxidation sites excluding steroid dienone is 4. The second kappa shape index (κ2) is 8.47. The summed E-state index contributed by atoms with van der Waals surface area (Å²) in [4.78, 5) is 0. The molecule has 0 saturated carbocycles. The van der Waals surface area contributed by atoms with Gasteiger partial charge in [0.05, 0.1) is 0 Å². The van der Waals surface area contributed by atoms with Crippen molar-refractivity contribution in [1.82, 2.24) is 0 Å². The van der Waals surface area contributed by atoms with Crippen LogP contribution >= 0.6 is 0 Å². The molecular weight excluding hydrogens is 336 g/mol. The van der Waals surface area contributed by atoms with Crippen LogP contribution in [0.2, 0.25) is 14.2 Å². The zero-order valence-corrected chi connectivity index (χ0v) is 20.7. The topological polar surface area (TPSA) is 0 Å². The van der Waals surface area contributed by atoms with Crippen molar-refractivity contribution in [2.24, 2.45) is 16.2 Å². The van der Waals surface area contributed by atoms with Crippen molar-refractivity contribution < 1.29 is 16.6 Å². The summed E-state index contributed by atoms with van der Waals surface area (Å²) in [5.74, 6) is 0. The second-order valence-electron chi connectivity index (χ2n) is 12.2. The van der Waals surface area contributed by atoms with Crippen molar-refractivity contribution in [1.29, 1.82) is 0 Å². The molecule has 0 heterocycles. The van der Waals surface area contributed by atoms with Crippen molar-refractivity contribution in [2.75, 3.05) is 0 Å². The van der Waals surface area contributed by atoms with Crippen LogP contribution in [0.5, 0.6) is 0 Å². The van der Waals surface area contributed by atoms with E-state index in [9.17, 15) is 0 Å². The van der Waals surface area contributed by atoms with Crippen LogP contribution in [0.25, 0.3) is 0 Å². The van der Waals surface area contributed by atoms with Gasteiger partial charge in [-0.1, -0.05) is 0 Å². The van der Waals surface area contributed by atoms with Crippen molar-refractivity contribution in [3.05, 3.63) is 21.6 Å². The first kappa shape index (κ1) is 23.2. The summed E-state index contributed by atoms with van der Waals surface area (Å²) in [5, 5.41) is 0. The standard InChI is InChI=1S/C9H13.3C5H11.Ti/c1-2-3-6-9-7-4-5-8-9;3*1-5(2,3)4;/h4,7H,2-3,5-6H2,1H3;3*1H2,2-4H3;. The monoisotopic (exact) mass is 382 g/mol. The number of hydrogen-bond acceptors (Lipinski definition) is 0. The number of unbranched alkanes of at least 4 members (excludes halogenated alkanes) is 1. The third-order valence-corrected chi connectivity index (χ3v) is 16.0. The Bertz CT molecular complexity index is 445. The quantitative estimate of drug-likeness (QED) is 0.385. The van der Waals surface area contributed by atoms with E-state index in [0.717, 1.165) is 0 Å². The Labute approximate surface area is 163 Å². The minimum atomic E-state index is -2.22. The van der Waals surface area contributed by atoms with Crippen molar-refractivity contribution >= 4 is 0 Å². The van der Waals surface area contributed by atoms with E-state index in [1.54, 1.807) is 5.57 Å². The van der Waals surface area contributed by atoms with Gasteiger partial charge in [0, 0.05) is 0 Å². The molecule has 0 aliphatic heterocycles. The van der Waals surface area contributed by atoms with Crippen molar-refractivity contribution in [2.45, 2.75) is 109 Å². The molecular formula is C24H46Ti. The zero-order valence-electron chi connectivity index (χ0n) is 19.1. The molecule has 0 aromatic heterocycles. The van der Waals surface area contributed by atoms with E-state index < -0.39 is 16.6 Å². The first-order valence-corrected chi connectivity index (χ1v) is 14.7. The van der Waals surface area contributed by atoms with Crippen LogP contribution in [0.15, 0.2) is 21.6 Å². The van der Waals surface area contributed by atoms with Crippen LogP contribution < -0.4 is 0 Å². The summed E-state index contributed by atoms with van der Waals surface area (Å²) < 4.78 is 6.41. The molecule has 146 valence electrons. The Morgan fingerprint density at radius 2 is 1.24 bits per heavy atom. The Morgan fingerprint density at radius 3 is 1.60 bits per heavy atom. The molecule has 0 atom stereocenters. The molecule has 0 aromatic carbocycles. The molecule has 0 amide bonds. The average molecular weight is 382 g/mol. The molecule has 0 unspecified atom stereocenters. The molecule has 0 nitrogen and oxygen atoms in total. The van der Waals surface area contributed by atoms with E-state index in [0.29, 0.717) is 16.2 Å². The first-order valence-electron chi connectivity index (χ1n) is 10.6. The van der Waals surface area contributed by atoms with Gasteiger partial charge in [-0.05, 0) is 0 Å². The first-order chi connectivity index (χ1) is 11.2. The summed E-state index contributed by atoms with van der Waals surface area (Å²) >= 11 is -2.22. The molecule has 0 spiro atoms. The van der Waals surface area contributed by atoms with E-state index in [1.807, 2.05) is 3.88 Å². The summed E-state index contributed by atoms with van der Waals surface area (Å²) in [5.41, 5.74) is 3.05. The van der Waals surface area contributed by atoms with Crippen molar-refractivity contribution in [3.63, 3.8) is 0 Å². The Balaban J connectivity index is 3.45. The van der Waals surface area contributed by atoms with Gasteiger partial charge in [0.1, 0.15) is 0 Å². The third kappa shape index (κ3) is 8.17. The average Bonchev–Trinajstić information content (AvgIpc) is 2.78. The molecule has 0 saturated heterocycles. The second-order valence-corrected chi connectivity index (χ2v) is 18.8. The van der Waals surface area contributed by atoms with E-state index in [4.69, 9.17) is 0 Å². The Morgan fingerprint density at radius 1 is 0.800 bits per heavy atom. The van der Waals surface area contributed by atoms with Crippen LogP contribution in [0, 0.1) is 16.2 Å². The summed E-state index contributed by atoms with van der Waals surface area (Å²) in [6.45, 7) is 24.6. The van der Waals surface area contributed by atoms with Gasteiger partial charge in [-0.25, -0.2) is 0 Å². The van der Waals surface area contributed by atoms with Gasteiger partial charge in [-0.2, -0.15) is 0 Å². The van der Waals surface area contributed by atoms with Crippen LogP contribution in [0.1, 0.15) is 94.9 Å². The molecule has 1 rings (SSSR count). The summed E-state index contributed by atoms with van der Waals surface area (Å²) in [6.07, 6.45) is 10.2. The van der Waals surface area contributed by atoms with Gasteiger partial charge in [0.15, 0.2) is 0 Å². The normalized spacial score (nSPS) is 16.9. The molecule has 0 radical (unpaired) electrons. The van der Waals surface area contributed by atoms with E-state index in [2.05, 4.69) is 81.4 Å². The van der Waals surface area contributed by atoms with E-state index in [-0.39, 0.29) is 0 Å². The molecule has 0 fully saturated rings. The zero-order chi connectivity index (χ0) is 19.5. The Kier molecular flexibility index (Phi) is 7.87. The summed E-state index contributed by atoms with van der Waals surface area (Å²) in [6, 6.07) is 0. The van der Waals surface area contributed by atoms with E-state index in [1.165, 1.54) is 39.9 Å². The molecule has 0 bridgehead atoms. The predicted octanol–water partition coefficient (Wildman–Crippen LogP) is 8.94. The van der Waals surface area contributed by atoms with E-state index >= 15 is 0 Å². The van der Waals surface area contributed by atoms with Crippen LogP contribution in [0.3, 0.4) is 0 Å². The molecule has 1 heteroatoms. The molecule has 1 aliphatic carbocycles. The molecule has 0 N–H and O–H groups in total. The fraction of sp³-hybridized carbons (Fsp3) is 0.833. The van der Waals surface area contributed by atoms with Gasteiger partial charge >= 0.3 is 164 Å². The molecule has 25 heavy (non-hydrogen) atoms. The van der Waals surface area contributed by atoms with Crippen LogP contribution in [-0.4, -0.2) is 0 Å². The van der Waals surface area contributed by atoms with Crippen LogP contribution in [0.4, 0.5) is 0 Å². The van der Waals surface area contributed by atoms with Gasteiger partial charge in [0.2, 0.25) is 0 Å². The molecule has 0 aromatic rings. The predicted molar refractivity (Wildman–Crippen MR) is 113 cm³/mol. The fourth-order valence-corrected chi connectivity index (χ4v) is 18.6. The fourth-order valence-electron chi connectivity index (χ4n) is 5.26. The maximum atomic E-state index is 2.50. The SMILES string of the molecule is CCCCC1=[C]([Ti]([CH2]C(C)(C)C)([CH2]C(C)(C)C)[CH2]C(C)(C)C)CC=C1. The van der Waals surface area contributed by atoms with Gasteiger partial charge < -0.3 is 0 Å². The van der Waals surface area contributed by atoms with Gasteiger partial charge in [0.25, 0.3) is 0 Å². The Hall–Kier alpha value is 0.194. The van der Waals surface area contributed by atoms with Gasteiger partial charge in [-0.15, -0.1) is 0 Å².